The molecule has 46 heavy (non-hydrogen) atoms. The van der Waals surface area contributed by atoms with Crippen LogP contribution < -0.4 is 32.7 Å². The van der Waals surface area contributed by atoms with Crippen molar-refractivity contribution >= 4 is 53.1 Å². The third kappa shape index (κ3) is 19.8. The zero-order valence-corrected chi connectivity index (χ0v) is 27.3. The number of carbonyl (C=O) groups excluding carboxylic acids is 8. The number of anilines is 1. The molecule has 16 nitrogen and oxygen atoms in total. The number of imide groups is 1. The molecule has 0 spiro atoms. The first kappa shape index (κ1) is 42.9. The number of amides is 8. The van der Waals surface area contributed by atoms with Gasteiger partial charge in [0.05, 0.1) is 13.0 Å². The standard InChI is InChI=1S/C22H25N5O8.C4H10N2O.2C2H6/c1-13(28)35-12-14-2-4-15(5-3-14)25-19(31)11-24-22(34)16(10-17(23)29)26-18(30)8-9-27-20(32)6-7-21(27)33;1-2-3-6-4(5)7;2*1-2/h2-7,16H,8-12H2,1H3,(H2,23,29)(H,24,34)(H,25,31)(H,26,30);2-3H2,1H3,(H3,5,6,7);2*1-2H3. The summed E-state index contributed by atoms with van der Waals surface area (Å²) in [6.45, 7) is 11.4. The van der Waals surface area contributed by atoms with E-state index >= 15 is 0 Å². The van der Waals surface area contributed by atoms with Crippen molar-refractivity contribution in [1.82, 2.24) is 20.9 Å². The van der Waals surface area contributed by atoms with Gasteiger partial charge in [0.15, 0.2) is 0 Å². The van der Waals surface area contributed by atoms with E-state index in [9.17, 15) is 38.4 Å². The molecule has 1 aromatic rings. The molecule has 0 bridgehead atoms. The molecule has 1 aromatic carbocycles. The number of nitrogens with one attached hydrogen (secondary N) is 4. The van der Waals surface area contributed by atoms with Gasteiger partial charge in [-0.2, -0.15) is 0 Å². The number of hydrogen-bond acceptors (Lipinski definition) is 9. The lowest BCUT2D eigenvalue weighted by Gasteiger charge is -2.18. The van der Waals surface area contributed by atoms with Gasteiger partial charge in [0.25, 0.3) is 11.8 Å². The maximum atomic E-state index is 12.4. The average molecular weight is 650 g/mol. The summed E-state index contributed by atoms with van der Waals surface area (Å²) in [5.41, 5.74) is 11.0. The van der Waals surface area contributed by atoms with Crippen LogP contribution in [0, 0.1) is 0 Å². The Balaban J connectivity index is 0. The molecule has 0 fully saturated rings. The zero-order chi connectivity index (χ0) is 35.7. The van der Waals surface area contributed by atoms with Crippen LogP contribution in [0.4, 0.5) is 10.5 Å². The molecule has 256 valence electrons. The van der Waals surface area contributed by atoms with Crippen molar-refractivity contribution in [1.29, 1.82) is 0 Å². The molecule has 8 amide bonds. The monoisotopic (exact) mass is 649 g/mol. The maximum absolute atomic E-state index is 12.4. The first-order valence-corrected chi connectivity index (χ1v) is 14.8. The molecule has 1 heterocycles. The van der Waals surface area contributed by atoms with E-state index in [-0.39, 0.29) is 19.6 Å². The average Bonchev–Trinajstić information content (AvgIpc) is 3.35. The Hall–Kier alpha value is -5.28. The highest BCUT2D eigenvalue weighted by molar-refractivity contribution is 6.13. The summed E-state index contributed by atoms with van der Waals surface area (Å²) in [5, 5.41) is 9.61. The van der Waals surface area contributed by atoms with Gasteiger partial charge in [0.1, 0.15) is 12.6 Å². The van der Waals surface area contributed by atoms with Gasteiger partial charge in [-0.15, -0.1) is 0 Å². The number of nitrogens with zero attached hydrogens (tertiary/aromatic N) is 1. The van der Waals surface area contributed by atoms with Crippen molar-refractivity contribution in [3.05, 3.63) is 42.0 Å². The topological polar surface area (TPSA) is 249 Å². The lowest BCUT2D eigenvalue weighted by Crippen LogP contribution is -2.50. The van der Waals surface area contributed by atoms with Crippen molar-refractivity contribution in [2.45, 2.75) is 73.5 Å². The first-order chi connectivity index (χ1) is 21.8. The summed E-state index contributed by atoms with van der Waals surface area (Å²) in [6.07, 6.45) is 2.27. The van der Waals surface area contributed by atoms with Crippen LogP contribution in [0.5, 0.6) is 0 Å². The summed E-state index contributed by atoms with van der Waals surface area (Å²) in [4.78, 5) is 92.7. The van der Waals surface area contributed by atoms with Gasteiger partial charge in [0.2, 0.25) is 23.6 Å². The maximum Gasteiger partial charge on any atom is 0.312 e. The number of urea groups is 1. The van der Waals surface area contributed by atoms with Crippen molar-refractivity contribution in [3.8, 4) is 0 Å². The molecule has 0 radical (unpaired) electrons. The smallest absolute Gasteiger partial charge is 0.312 e. The molecule has 0 aromatic heterocycles. The highest BCUT2D eigenvalue weighted by atomic mass is 16.5. The predicted molar refractivity (Wildman–Crippen MR) is 170 cm³/mol. The van der Waals surface area contributed by atoms with E-state index in [2.05, 4.69) is 21.3 Å². The minimum absolute atomic E-state index is 0.0914. The second-order valence-electron chi connectivity index (χ2n) is 8.74. The molecule has 1 aliphatic rings. The van der Waals surface area contributed by atoms with Crippen LogP contribution in [0.2, 0.25) is 0 Å². The SMILES string of the molecule is CC.CC.CC(=O)OCc1ccc(NC(=O)CNC(=O)C(CC(N)=O)NC(=O)CCN2C(=O)C=CC2=O)cc1.CCCNC(N)=O. The number of carbonyl (C=O) groups is 8. The van der Waals surface area contributed by atoms with Crippen molar-refractivity contribution in [2.75, 3.05) is 25.0 Å². The quantitative estimate of drug-likeness (QED) is 0.122. The van der Waals surface area contributed by atoms with Gasteiger partial charge in [-0.1, -0.05) is 46.8 Å². The Kier molecular flexibility index (Phi) is 23.4. The third-order valence-corrected chi connectivity index (χ3v) is 5.17. The molecule has 1 aliphatic heterocycles. The number of esters is 1. The van der Waals surface area contributed by atoms with E-state index in [0.29, 0.717) is 17.8 Å². The molecule has 1 atom stereocenters. The van der Waals surface area contributed by atoms with Crippen LogP contribution in [-0.2, 0) is 44.9 Å². The van der Waals surface area contributed by atoms with Crippen molar-refractivity contribution in [2.24, 2.45) is 11.5 Å². The largest absolute Gasteiger partial charge is 0.461 e. The van der Waals surface area contributed by atoms with Gasteiger partial charge >= 0.3 is 12.0 Å². The van der Waals surface area contributed by atoms with Crippen molar-refractivity contribution in [3.63, 3.8) is 0 Å². The molecular formula is C30H47N7O9. The summed E-state index contributed by atoms with van der Waals surface area (Å²) in [7, 11) is 0. The van der Waals surface area contributed by atoms with E-state index < -0.39 is 66.5 Å². The fourth-order valence-corrected chi connectivity index (χ4v) is 3.16. The Labute approximate surface area is 269 Å². The van der Waals surface area contributed by atoms with Crippen LogP contribution in [0.3, 0.4) is 0 Å². The lowest BCUT2D eigenvalue weighted by molar-refractivity contribution is -0.142. The summed E-state index contributed by atoms with van der Waals surface area (Å²) < 4.78 is 4.87. The highest BCUT2D eigenvalue weighted by Gasteiger charge is 2.26. The minimum Gasteiger partial charge on any atom is -0.461 e. The van der Waals surface area contributed by atoms with E-state index in [1.54, 1.807) is 24.3 Å². The number of primary amides is 2. The zero-order valence-electron chi connectivity index (χ0n) is 27.3. The Morgan fingerprint density at radius 1 is 0.870 bits per heavy atom. The molecule has 8 N–H and O–H groups in total. The van der Waals surface area contributed by atoms with E-state index in [1.165, 1.54) is 6.92 Å². The van der Waals surface area contributed by atoms with E-state index in [4.69, 9.17) is 16.2 Å². The van der Waals surface area contributed by atoms with Gasteiger partial charge in [-0.3, -0.25) is 38.5 Å². The van der Waals surface area contributed by atoms with E-state index in [1.807, 2.05) is 34.6 Å². The number of ether oxygens (including phenoxy) is 1. The molecule has 0 saturated carbocycles. The van der Waals surface area contributed by atoms with Gasteiger partial charge in [-0.25, -0.2) is 4.79 Å². The second-order valence-corrected chi connectivity index (χ2v) is 8.74. The van der Waals surface area contributed by atoms with Crippen LogP contribution in [0.1, 0.15) is 66.4 Å². The summed E-state index contributed by atoms with van der Waals surface area (Å²) in [5.74, 6) is -4.49. The Morgan fingerprint density at radius 3 is 1.89 bits per heavy atom. The van der Waals surface area contributed by atoms with Crippen LogP contribution in [0.25, 0.3) is 0 Å². The van der Waals surface area contributed by atoms with Crippen molar-refractivity contribution < 1.29 is 43.1 Å². The van der Waals surface area contributed by atoms with E-state index in [0.717, 1.165) is 23.5 Å². The number of benzene rings is 1. The van der Waals surface area contributed by atoms with Crippen LogP contribution in [0.15, 0.2) is 36.4 Å². The number of nitrogens with two attached hydrogens (primary N) is 2. The molecule has 2 rings (SSSR count). The Morgan fingerprint density at radius 2 is 1.43 bits per heavy atom. The first-order valence-electron chi connectivity index (χ1n) is 14.8. The lowest BCUT2D eigenvalue weighted by atomic mass is 10.1. The normalized spacial score (nSPS) is 11.6. The molecule has 16 heteroatoms. The minimum atomic E-state index is -1.35. The van der Waals surface area contributed by atoms with Gasteiger partial charge in [0, 0.05) is 44.3 Å². The van der Waals surface area contributed by atoms with Crippen LogP contribution >= 0.6 is 0 Å². The molecule has 1 unspecified atom stereocenters. The molecular weight excluding hydrogens is 602 g/mol. The van der Waals surface area contributed by atoms with Gasteiger partial charge in [-0.05, 0) is 24.1 Å². The van der Waals surface area contributed by atoms with Gasteiger partial charge < -0.3 is 37.5 Å². The fourth-order valence-electron chi connectivity index (χ4n) is 3.16. The summed E-state index contributed by atoms with van der Waals surface area (Å²) >= 11 is 0. The highest BCUT2D eigenvalue weighted by Crippen LogP contribution is 2.10. The number of rotatable bonds is 14. The number of hydrogen-bond donors (Lipinski definition) is 6. The molecule has 0 aliphatic carbocycles. The van der Waals surface area contributed by atoms with Crippen LogP contribution in [-0.4, -0.2) is 78.0 Å². The second kappa shape index (κ2) is 25.1. The predicted octanol–water partition coefficient (Wildman–Crippen LogP) is 0.597. The fraction of sp³-hybridized carbons (Fsp3) is 0.467. The Bertz CT molecular complexity index is 1180. The molecule has 0 saturated heterocycles. The summed E-state index contributed by atoms with van der Waals surface area (Å²) in [6, 6.07) is 4.67. The third-order valence-electron chi connectivity index (χ3n) is 5.17.